The minimum atomic E-state index is -0.834. The van der Waals surface area contributed by atoms with Crippen molar-refractivity contribution in [3.05, 3.63) is 59.0 Å². The lowest BCUT2D eigenvalue weighted by molar-refractivity contribution is 0.552. The Morgan fingerprint density at radius 1 is 1.10 bits per heavy atom. The molecule has 7 nitrogen and oxygen atoms in total. The number of hydrogen-bond donors (Lipinski definition) is 1. The van der Waals surface area contributed by atoms with Crippen molar-refractivity contribution < 1.29 is 13.0 Å². The SMILES string of the molecule is Cc1nc(N(C)Cc2c(F)cccc2F)nc(NC2CCC(CS(C)=O)C2)c1-c1nc2c(C3CC3)nccc2s1. The van der Waals surface area contributed by atoms with E-state index < -0.39 is 22.4 Å². The van der Waals surface area contributed by atoms with Crippen LogP contribution < -0.4 is 10.2 Å². The lowest BCUT2D eigenvalue weighted by atomic mass is 10.1. The third kappa shape index (κ3) is 5.58. The van der Waals surface area contributed by atoms with Gasteiger partial charge in [0.2, 0.25) is 5.95 Å². The topological polar surface area (TPSA) is 83.9 Å². The molecule has 0 bridgehead atoms. The summed E-state index contributed by atoms with van der Waals surface area (Å²) in [5.74, 6) is 1.41. The average Bonchev–Trinajstić information content (AvgIpc) is 3.52. The molecule has 2 aliphatic rings. The number of halogens is 2. The number of nitrogens with one attached hydrogen (secondary N) is 1. The van der Waals surface area contributed by atoms with Crippen molar-refractivity contribution >= 4 is 44.1 Å². The zero-order valence-electron chi connectivity index (χ0n) is 22.8. The van der Waals surface area contributed by atoms with Gasteiger partial charge in [-0.25, -0.2) is 18.7 Å². The van der Waals surface area contributed by atoms with Gasteiger partial charge in [-0.1, -0.05) is 6.07 Å². The highest BCUT2D eigenvalue weighted by Gasteiger charge is 2.30. The molecule has 3 heterocycles. The molecule has 1 aromatic carbocycles. The van der Waals surface area contributed by atoms with E-state index in [1.165, 1.54) is 18.2 Å². The molecule has 3 atom stereocenters. The summed E-state index contributed by atoms with van der Waals surface area (Å²) in [5.41, 5.74) is 3.54. The number of hydrogen-bond acceptors (Lipinski definition) is 8. The predicted octanol–water partition coefficient (Wildman–Crippen LogP) is 6.21. The number of aromatic nitrogens is 4. The second-order valence-electron chi connectivity index (χ2n) is 11.0. The molecule has 40 heavy (non-hydrogen) atoms. The number of thiazole rings is 1. The fraction of sp³-hybridized carbons (Fsp3) is 0.448. The van der Waals surface area contributed by atoms with Gasteiger partial charge in [-0.2, -0.15) is 4.98 Å². The predicted molar refractivity (Wildman–Crippen MR) is 157 cm³/mol. The van der Waals surface area contributed by atoms with E-state index in [4.69, 9.17) is 15.0 Å². The normalized spacial score (nSPS) is 19.7. The van der Waals surface area contributed by atoms with Gasteiger partial charge in [-0.05, 0) is 63.1 Å². The molecule has 3 unspecified atom stereocenters. The van der Waals surface area contributed by atoms with Gasteiger partial charge in [0.05, 0.1) is 28.2 Å². The van der Waals surface area contributed by atoms with E-state index in [1.54, 1.807) is 29.5 Å². The molecule has 1 N–H and O–H groups in total. The molecule has 210 valence electrons. The first-order valence-electron chi connectivity index (χ1n) is 13.6. The van der Waals surface area contributed by atoms with E-state index in [1.807, 2.05) is 19.2 Å². The van der Waals surface area contributed by atoms with E-state index >= 15 is 0 Å². The molecule has 6 rings (SSSR count). The van der Waals surface area contributed by atoms with Crippen LogP contribution in [0, 0.1) is 24.5 Å². The van der Waals surface area contributed by atoms with Gasteiger partial charge in [-0.15, -0.1) is 11.3 Å². The minimum Gasteiger partial charge on any atom is -0.367 e. The van der Waals surface area contributed by atoms with Gasteiger partial charge in [-0.3, -0.25) is 9.19 Å². The van der Waals surface area contributed by atoms with Crippen molar-refractivity contribution in [1.29, 1.82) is 0 Å². The van der Waals surface area contributed by atoms with Gasteiger partial charge in [0.25, 0.3) is 0 Å². The second kappa shape index (κ2) is 11.1. The molecule has 2 saturated carbocycles. The number of fused-ring (bicyclic) bond motifs is 1. The zero-order chi connectivity index (χ0) is 28.0. The van der Waals surface area contributed by atoms with E-state index in [9.17, 15) is 13.0 Å². The summed E-state index contributed by atoms with van der Waals surface area (Å²) in [7, 11) is 0.900. The average molecular weight is 583 g/mol. The van der Waals surface area contributed by atoms with E-state index in [2.05, 4.69) is 10.3 Å². The fourth-order valence-electron chi connectivity index (χ4n) is 5.60. The van der Waals surface area contributed by atoms with Crippen LogP contribution in [0.4, 0.5) is 20.5 Å². The number of nitrogens with zero attached hydrogens (tertiary/aromatic N) is 5. The van der Waals surface area contributed by atoms with Crippen molar-refractivity contribution in [1.82, 2.24) is 19.9 Å². The quantitative estimate of drug-likeness (QED) is 0.251. The van der Waals surface area contributed by atoms with Crippen molar-refractivity contribution in [3.63, 3.8) is 0 Å². The molecular formula is C29H32F2N6OS2. The third-order valence-electron chi connectivity index (χ3n) is 7.74. The van der Waals surface area contributed by atoms with Crippen LogP contribution in [0.15, 0.2) is 30.5 Å². The molecule has 2 fully saturated rings. The molecule has 4 aromatic rings. The van der Waals surface area contributed by atoms with Crippen molar-refractivity contribution in [3.8, 4) is 10.6 Å². The van der Waals surface area contributed by atoms with Crippen molar-refractivity contribution in [2.45, 2.75) is 57.5 Å². The standard InChI is InChI=1S/C29H32F2N6OS2/c1-16-24(28-35-26-23(39-28)11-12-32-25(26)18-8-9-18)27(34-19-10-7-17(13-19)15-40(3)38)36-29(33-16)37(2)14-20-21(30)5-4-6-22(20)31/h4-6,11-12,17-19H,7-10,13-15H2,1-3H3,(H,33,34,36). The Kier molecular flexibility index (Phi) is 7.52. The smallest absolute Gasteiger partial charge is 0.227 e. The molecular weight excluding hydrogens is 550 g/mol. The summed E-state index contributed by atoms with van der Waals surface area (Å²) >= 11 is 1.60. The highest BCUT2D eigenvalue weighted by Crippen LogP contribution is 2.44. The molecule has 0 saturated heterocycles. The largest absolute Gasteiger partial charge is 0.367 e. The molecule has 0 amide bonds. The molecule has 0 spiro atoms. The van der Waals surface area contributed by atoms with Crippen LogP contribution in [-0.2, 0) is 17.3 Å². The van der Waals surface area contributed by atoms with E-state index in [0.717, 1.165) is 64.3 Å². The monoisotopic (exact) mass is 582 g/mol. The first kappa shape index (κ1) is 27.1. The van der Waals surface area contributed by atoms with Crippen LogP contribution in [0.2, 0.25) is 0 Å². The lowest BCUT2D eigenvalue weighted by Gasteiger charge is -2.22. The van der Waals surface area contributed by atoms with Gasteiger partial charge >= 0.3 is 0 Å². The maximum Gasteiger partial charge on any atom is 0.227 e. The van der Waals surface area contributed by atoms with Crippen LogP contribution in [-0.4, -0.2) is 49.2 Å². The van der Waals surface area contributed by atoms with Crippen LogP contribution in [0.3, 0.4) is 0 Å². The first-order chi connectivity index (χ1) is 19.3. The van der Waals surface area contributed by atoms with Gasteiger partial charge in [0.1, 0.15) is 28.0 Å². The first-order valence-corrected chi connectivity index (χ1v) is 16.2. The number of pyridine rings is 1. The molecule has 0 aliphatic heterocycles. The molecule has 11 heteroatoms. The Labute approximate surface area is 238 Å². The van der Waals surface area contributed by atoms with E-state index in [0.29, 0.717) is 29.4 Å². The summed E-state index contributed by atoms with van der Waals surface area (Å²) in [5, 5.41) is 4.48. The molecule has 0 radical (unpaired) electrons. The van der Waals surface area contributed by atoms with Crippen LogP contribution in [0.5, 0.6) is 0 Å². The van der Waals surface area contributed by atoms with Crippen molar-refractivity contribution in [2.24, 2.45) is 5.92 Å². The summed E-state index contributed by atoms with van der Waals surface area (Å²) in [6.45, 7) is 1.91. The summed E-state index contributed by atoms with van der Waals surface area (Å²) in [4.78, 5) is 21.0. The summed E-state index contributed by atoms with van der Waals surface area (Å²) in [6, 6.07) is 6.04. The molecule has 2 aliphatic carbocycles. The van der Waals surface area contributed by atoms with E-state index in [-0.39, 0.29) is 18.2 Å². The second-order valence-corrected chi connectivity index (χ2v) is 13.5. The zero-order valence-corrected chi connectivity index (χ0v) is 24.4. The number of aryl methyl sites for hydroxylation is 1. The Balaban J connectivity index is 1.38. The number of anilines is 2. The number of benzene rings is 1. The summed E-state index contributed by atoms with van der Waals surface area (Å²) < 4.78 is 41.7. The Morgan fingerprint density at radius 2 is 1.88 bits per heavy atom. The Morgan fingerprint density at radius 3 is 2.60 bits per heavy atom. The fourth-order valence-corrected chi connectivity index (χ4v) is 7.63. The minimum absolute atomic E-state index is 0.0118. The lowest BCUT2D eigenvalue weighted by Crippen LogP contribution is -2.24. The van der Waals surface area contributed by atoms with Gasteiger partial charge in [0, 0.05) is 53.6 Å². The summed E-state index contributed by atoms with van der Waals surface area (Å²) in [6.07, 6.45) is 8.76. The van der Waals surface area contributed by atoms with Crippen LogP contribution in [0.1, 0.15) is 55.0 Å². The van der Waals surface area contributed by atoms with Gasteiger partial charge in [0.15, 0.2) is 0 Å². The number of rotatable bonds is 9. The van der Waals surface area contributed by atoms with Crippen molar-refractivity contribution in [2.75, 3.05) is 29.3 Å². The maximum absolute atomic E-state index is 14.4. The highest BCUT2D eigenvalue weighted by molar-refractivity contribution is 7.84. The molecule has 3 aromatic heterocycles. The van der Waals surface area contributed by atoms with Gasteiger partial charge < -0.3 is 10.2 Å². The van der Waals surface area contributed by atoms with Crippen LogP contribution >= 0.6 is 11.3 Å². The third-order valence-corrected chi connectivity index (χ3v) is 9.72. The highest BCUT2D eigenvalue weighted by atomic mass is 32.2. The Hall–Kier alpha value is -3.05. The Bertz CT molecular complexity index is 1570. The van der Waals surface area contributed by atoms with Crippen LogP contribution in [0.25, 0.3) is 20.8 Å². The maximum atomic E-state index is 14.4.